The van der Waals surface area contributed by atoms with Crippen LogP contribution in [0, 0.1) is 5.82 Å². The fourth-order valence-corrected chi connectivity index (χ4v) is 2.47. The summed E-state index contributed by atoms with van der Waals surface area (Å²) in [6.07, 6.45) is 0. The quantitative estimate of drug-likeness (QED) is 0.648. The number of benzene rings is 2. The zero-order chi connectivity index (χ0) is 18.2. The largest absolute Gasteiger partial charge is 0.355 e. The lowest BCUT2D eigenvalue weighted by atomic mass is 10.1. The van der Waals surface area contributed by atoms with Crippen LogP contribution in [-0.4, -0.2) is 37.9 Å². The summed E-state index contributed by atoms with van der Waals surface area (Å²) in [7, 11) is 5.21. The van der Waals surface area contributed by atoms with Crippen molar-refractivity contribution in [1.29, 1.82) is 0 Å². The van der Waals surface area contributed by atoms with Gasteiger partial charge in [0.2, 0.25) is 0 Å². The van der Waals surface area contributed by atoms with Gasteiger partial charge in [0, 0.05) is 39.8 Å². The lowest BCUT2D eigenvalue weighted by Gasteiger charge is -2.22. The van der Waals surface area contributed by atoms with Gasteiger partial charge in [0.05, 0.1) is 0 Å². The molecule has 0 heterocycles. The molecule has 1 amide bonds. The van der Waals surface area contributed by atoms with Gasteiger partial charge in [0.25, 0.3) is 5.91 Å². The molecule has 25 heavy (non-hydrogen) atoms. The molecule has 0 saturated heterocycles. The highest BCUT2D eigenvalue weighted by Crippen LogP contribution is 2.07. The SMILES string of the molecule is CN=C(NCc1ccc(C(=O)NC)cc1)N(C)Cc1cccc(F)c1. The Morgan fingerprint density at radius 3 is 2.48 bits per heavy atom. The molecule has 2 rings (SSSR count). The second kappa shape index (κ2) is 8.82. The van der Waals surface area contributed by atoms with E-state index in [1.165, 1.54) is 12.1 Å². The summed E-state index contributed by atoms with van der Waals surface area (Å²) in [6, 6.07) is 13.9. The molecule has 0 aromatic heterocycles. The minimum absolute atomic E-state index is 0.106. The van der Waals surface area contributed by atoms with Crippen LogP contribution in [0.2, 0.25) is 0 Å². The van der Waals surface area contributed by atoms with Gasteiger partial charge < -0.3 is 15.5 Å². The normalized spacial score (nSPS) is 11.1. The Morgan fingerprint density at radius 2 is 1.88 bits per heavy atom. The van der Waals surface area contributed by atoms with Crippen molar-refractivity contribution in [1.82, 2.24) is 15.5 Å². The van der Waals surface area contributed by atoms with Crippen molar-refractivity contribution in [2.45, 2.75) is 13.1 Å². The molecule has 5 nitrogen and oxygen atoms in total. The molecular weight excluding hydrogens is 319 g/mol. The Kier molecular flexibility index (Phi) is 6.51. The van der Waals surface area contributed by atoms with Gasteiger partial charge in [-0.05, 0) is 35.4 Å². The van der Waals surface area contributed by atoms with Crippen molar-refractivity contribution in [3.05, 3.63) is 71.0 Å². The molecule has 0 aliphatic rings. The van der Waals surface area contributed by atoms with E-state index in [9.17, 15) is 9.18 Å². The average molecular weight is 342 g/mol. The Bertz CT molecular complexity index is 743. The van der Waals surface area contributed by atoms with E-state index in [0.717, 1.165) is 11.1 Å². The molecule has 0 aliphatic heterocycles. The Hall–Kier alpha value is -2.89. The van der Waals surface area contributed by atoms with Crippen LogP contribution in [0.3, 0.4) is 0 Å². The van der Waals surface area contributed by atoms with E-state index < -0.39 is 0 Å². The molecule has 0 spiro atoms. The minimum atomic E-state index is -0.245. The van der Waals surface area contributed by atoms with Gasteiger partial charge in [-0.15, -0.1) is 0 Å². The summed E-state index contributed by atoms with van der Waals surface area (Å²) < 4.78 is 13.3. The second-order valence-electron chi connectivity index (χ2n) is 5.66. The smallest absolute Gasteiger partial charge is 0.251 e. The van der Waals surface area contributed by atoms with Crippen molar-refractivity contribution in [3.63, 3.8) is 0 Å². The van der Waals surface area contributed by atoms with Crippen molar-refractivity contribution in [3.8, 4) is 0 Å². The van der Waals surface area contributed by atoms with Gasteiger partial charge in [-0.3, -0.25) is 9.79 Å². The van der Waals surface area contributed by atoms with E-state index in [4.69, 9.17) is 0 Å². The molecule has 0 atom stereocenters. The number of aliphatic imine (C=N–C) groups is 1. The minimum Gasteiger partial charge on any atom is -0.355 e. The van der Waals surface area contributed by atoms with Gasteiger partial charge in [0.15, 0.2) is 5.96 Å². The van der Waals surface area contributed by atoms with Crippen LogP contribution >= 0.6 is 0 Å². The summed E-state index contributed by atoms with van der Waals surface area (Å²) in [4.78, 5) is 17.7. The van der Waals surface area contributed by atoms with Crippen molar-refractivity contribution < 1.29 is 9.18 Å². The van der Waals surface area contributed by atoms with E-state index in [1.807, 2.05) is 30.1 Å². The van der Waals surface area contributed by atoms with Gasteiger partial charge in [-0.25, -0.2) is 4.39 Å². The van der Waals surface area contributed by atoms with Crippen molar-refractivity contribution in [2.75, 3.05) is 21.1 Å². The van der Waals surface area contributed by atoms with E-state index in [0.29, 0.717) is 24.6 Å². The maximum absolute atomic E-state index is 13.3. The number of amides is 1. The topological polar surface area (TPSA) is 56.7 Å². The van der Waals surface area contributed by atoms with Crippen LogP contribution in [0.1, 0.15) is 21.5 Å². The number of halogens is 1. The zero-order valence-corrected chi connectivity index (χ0v) is 14.7. The first-order valence-electron chi connectivity index (χ1n) is 8.00. The predicted octanol–water partition coefficient (Wildman–Crippen LogP) is 2.39. The van der Waals surface area contributed by atoms with Crippen LogP contribution in [-0.2, 0) is 13.1 Å². The highest BCUT2D eigenvalue weighted by atomic mass is 19.1. The molecule has 0 fully saturated rings. The predicted molar refractivity (Wildman–Crippen MR) is 97.9 cm³/mol. The van der Waals surface area contributed by atoms with Crippen molar-refractivity contribution in [2.24, 2.45) is 4.99 Å². The summed E-state index contributed by atoms with van der Waals surface area (Å²) >= 11 is 0. The van der Waals surface area contributed by atoms with Gasteiger partial charge in [-0.2, -0.15) is 0 Å². The van der Waals surface area contributed by atoms with Gasteiger partial charge >= 0.3 is 0 Å². The van der Waals surface area contributed by atoms with E-state index in [1.54, 1.807) is 32.3 Å². The number of hydrogen-bond donors (Lipinski definition) is 2. The highest BCUT2D eigenvalue weighted by molar-refractivity contribution is 5.93. The van der Waals surface area contributed by atoms with Crippen LogP contribution < -0.4 is 10.6 Å². The first-order valence-corrected chi connectivity index (χ1v) is 8.00. The molecule has 6 heteroatoms. The summed E-state index contributed by atoms with van der Waals surface area (Å²) in [5.74, 6) is 0.356. The standard InChI is InChI=1S/C19H23FN4O/c1-21-18(25)16-9-7-14(8-10-16)12-23-19(22-2)24(3)13-15-5-4-6-17(20)11-15/h4-11H,12-13H2,1-3H3,(H,21,25)(H,22,23). The average Bonchev–Trinajstić information content (AvgIpc) is 2.62. The molecule has 2 aromatic carbocycles. The monoisotopic (exact) mass is 342 g/mol. The number of hydrogen-bond acceptors (Lipinski definition) is 2. The number of nitrogens with one attached hydrogen (secondary N) is 2. The third-order valence-corrected chi connectivity index (χ3v) is 3.78. The number of rotatable bonds is 5. The van der Waals surface area contributed by atoms with Crippen LogP contribution in [0.5, 0.6) is 0 Å². The molecule has 0 bridgehead atoms. The zero-order valence-electron chi connectivity index (χ0n) is 14.7. The third-order valence-electron chi connectivity index (χ3n) is 3.78. The lowest BCUT2D eigenvalue weighted by Crippen LogP contribution is -2.38. The van der Waals surface area contributed by atoms with Crippen LogP contribution in [0.25, 0.3) is 0 Å². The molecule has 0 radical (unpaired) electrons. The fraction of sp³-hybridized carbons (Fsp3) is 0.263. The molecule has 0 aliphatic carbocycles. The van der Waals surface area contributed by atoms with Crippen molar-refractivity contribution >= 4 is 11.9 Å². The van der Waals surface area contributed by atoms with Crippen LogP contribution in [0.15, 0.2) is 53.5 Å². The molecule has 2 N–H and O–H groups in total. The van der Waals surface area contributed by atoms with E-state index in [-0.39, 0.29) is 11.7 Å². The van der Waals surface area contributed by atoms with E-state index >= 15 is 0 Å². The Morgan fingerprint density at radius 1 is 1.16 bits per heavy atom. The summed E-state index contributed by atoms with van der Waals surface area (Å²) in [5.41, 5.74) is 2.53. The number of carbonyl (C=O) groups excluding carboxylic acids is 1. The first kappa shape index (κ1) is 18.4. The van der Waals surface area contributed by atoms with Gasteiger partial charge in [-0.1, -0.05) is 24.3 Å². The summed E-state index contributed by atoms with van der Waals surface area (Å²) in [5, 5.41) is 5.86. The van der Waals surface area contributed by atoms with Gasteiger partial charge in [0.1, 0.15) is 5.82 Å². The maximum Gasteiger partial charge on any atom is 0.251 e. The fourth-order valence-electron chi connectivity index (χ4n) is 2.47. The molecule has 132 valence electrons. The van der Waals surface area contributed by atoms with Crippen LogP contribution in [0.4, 0.5) is 4.39 Å². The highest BCUT2D eigenvalue weighted by Gasteiger charge is 2.08. The molecule has 2 aromatic rings. The Labute approximate surface area is 147 Å². The maximum atomic E-state index is 13.3. The molecular formula is C19H23FN4O. The first-order chi connectivity index (χ1) is 12.0. The third kappa shape index (κ3) is 5.31. The molecule has 0 saturated carbocycles. The second-order valence-corrected chi connectivity index (χ2v) is 5.66. The lowest BCUT2D eigenvalue weighted by molar-refractivity contribution is 0.0963. The number of guanidine groups is 1. The molecule has 0 unspecified atom stereocenters. The number of nitrogens with zero attached hydrogens (tertiary/aromatic N) is 2. The van der Waals surface area contributed by atoms with E-state index in [2.05, 4.69) is 15.6 Å². The summed E-state index contributed by atoms with van der Waals surface area (Å²) in [6.45, 7) is 1.13. The Balaban J connectivity index is 1.94. The number of carbonyl (C=O) groups is 1.